The molecule has 1 saturated carbocycles. The van der Waals surface area contributed by atoms with E-state index in [2.05, 4.69) is 10.7 Å². The summed E-state index contributed by atoms with van der Waals surface area (Å²) in [7, 11) is 0. The summed E-state index contributed by atoms with van der Waals surface area (Å²) in [6.07, 6.45) is 2.54. The van der Waals surface area contributed by atoms with Crippen molar-refractivity contribution < 1.29 is 4.79 Å². The van der Waals surface area contributed by atoms with E-state index in [0.717, 1.165) is 22.5 Å². The quantitative estimate of drug-likeness (QED) is 0.708. The Bertz CT molecular complexity index is 879. The first-order chi connectivity index (χ1) is 11.7. The second-order valence-electron chi connectivity index (χ2n) is 6.25. The van der Waals surface area contributed by atoms with Gasteiger partial charge >= 0.3 is 0 Å². The van der Waals surface area contributed by atoms with Gasteiger partial charge in [0.2, 0.25) is 0 Å². The molecule has 1 N–H and O–H groups in total. The summed E-state index contributed by atoms with van der Waals surface area (Å²) in [6.45, 7) is 2.01. The summed E-state index contributed by atoms with van der Waals surface area (Å²) < 4.78 is 0. The molecule has 0 radical (unpaired) electrons. The lowest BCUT2D eigenvalue weighted by atomic mass is 10.1. The monoisotopic (exact) mass is 334 g/mol. The van der Waals surface area contributed by atoms with Crippen LogP contribution >= 0.6 is 11.3 Å². The second-order valence-corrected chi connectivity index (χ2v) is 7.14. The molecule has 1 fully saturated rings. The number of anilines is 1. The van der Waals surface area contributed by atoms with Gasteiger partial charge in [0.1, 0.15) is 0 Å². The van der Waals surface area contributed by atoms with E-state index in [9.17, 15) is 4.79 Å². The van der Waals surface area contributed by atoms with Crippen LogP contribution in [-0.4, -0.2) is 10.9 Å². The highest BCUT2D eigenvalue weighted by Gasteiger charge is 2.26. The van der Waals surface area contributed by atoms with Gasteiger partial charge in [0, 0.05) is 28.1 Å². The molecule has 0 aliphatic heterocycles. The lowest BCUT2D eigenvalue weighted by Crippen LogP contribution is -2.11. The van der Waals surface area contributed by atoms with E-state index in [-0.39, 0.29) is 5.91 Å². The van der Waals surface area contributed by atoms with E-state index in [1.165, 1.54) is 17.8 Å². The molecule has 1 aliphatic rings. The first-order valence-corrected chi connectivity index (χ1v) is 9.01. The molecule has 1 aromatic heterocycles. The van der Waals surface area contributed by atoms with Crippen LogP contribution < -0.4 is 5.32 Å². The maximum atomic E-state index is 12.4. The van der Waals surface area contributed by atoms with Gasteiger partial charge in [0.25, 0.3) is 5.91 Å². The molecule has 3 nitrogen and oxygen atoms in total. The average Bonchev–Trinajstić information content (AvgIpc) is 3.32. The van der Waals surface area contributed by atoms with Gasteiger partial charge in [-0.1, -0.05) is 24.3 Å². The van der Waals surface area contributed by atoms with E-state index in [1.54, 1.807) is 11.3 Å². The SMILES string of the molecule is Cc1cccc(NC(=O)c2ccc(-c3csc(C4CC4)n3)cc2)c1. The third kappa shape index (κ3) is 3.24. The van der Waals surface area contributed by atoms with Crippen molar-refractivity contribution in [3.05, 3.63) is 70.0 Å². The standard InChI is InChI=1S/C20H18N2OS/c1-13-3-2-4-17(11-13)21-19(23)15-7-5-14(6-8-15)18-12-24-20(22-18)16-9-10-16/h2-8,11-12,16H,9-10H2,1H3,(H,21,23). The van der Waals surface area contributed by atoms with Crippen molar-refractivity contribution in [2.75, 3.05) is 5.32 Å². The maximum absolute atomic E-state index is 12.4. The lowest BCUT2D eigenvalue weighted by molar-refractivity contribution is 0.102. The van der Waals surface area contributed by atoms with Crippen LogP contribution in [0.4, 0.5) is 5.69 Å². The molecule has 4 rings (SSSR count). The molecule has 1 aliphatic carbocycles. The minimum Gasteiger partial charge on any atom is -0.322 e. The maximum Gasteiger partial charge on any atom is 0.255 e. The summed E-state index contributed by atoms with van der Waals surface area (Å²) >= 11 is 1.74. The predicted octanol–water partition coefficient (Wildman–Crippen LogP) is 5.25. The van der Waals surface area contributed by atoms with Gasteiger partial charge in [-0.15, -0.1) is 11.3 Å². The highest BCUT2D eigenvalue weighted by Crippen LogP contribution is 2.42. The number of aromatic nitrogens is 1. The molecule has 0 atom stereocenters. The zero-order chi connectivity index (χ0) is 16.5. The molecule has 3 aromatic rings. The number of hydrogen-bond donors (Lipinski definition) is 1. The van der Waals surface area contributed by atoms with Gasteiger partial charge in [-0.2, -0.15) is 0 Å². The van der Waals surface area contributed by atoms with Gasteiger partial charge in [-0.25, -0.2) is 4.98 Å². The zero-order valence-electron chi connectivity index (χ0n) is 13.5. The van der Waals surface area contributed by atoms with Crippen molar-refractivity contribution in [3.63, 3.8) is 0 Å². The Balaban J connectivity index is 1.49. The lowest BCUT2D eigenvalue weighted by Gasteiger charge is -2.06. The molecule has 2 aromatic carbocycles. The molecule has 0 unspecified atom stereocenters. The number of rotatable bonds is 4. The molecule has 120 valence electrons. The van der Waals surface area contributed by atoms with Gasteiger partial charge in [-0.3, -0.25) is 4.79 Å². The van der Waals surface area contributed by atoms with Crippen LogP contribution in [0.5, 0.6) is 0 Å². The highest BCUT2D eigenvalue weighted by molar-refractivity contribution is 7.10. The number of carbonyl (C=O) groups is 1. The zero-order valence-corrected chi connectivity index (χ0v) is 14.3. The van der Waals surface area contributed by atoms with Crippen LogP contribution in [0.1, 0.15) is 39.7 Å². The Morgan fingerprint density at radius 1 is 1.17 bits per heavy atom. The van der Waals surface area contributed by atoms with Gasteiger partial charge < -0.3 is 5.32 Å². The van der Waals surface area contributed by atoms with Crippen molar-refractivity contribution >= 4 is 22.9 Å². The van der Waals surface area contributed by atoms with Crippen LogP contribution in [0.25, 0.3) is 11.3 Å². The molecule has 1 amide bonds. The van der Waals surface area contributed by atoms with Crippen LogP contribution in [0, 0.1) is 6.92 Å². The second kappa shape index (κ2) is 6.21. The van der Waals surface area contributed by atoms with Crippen LogP contribution in [0.15, 0.2) is 53.9 Å². The normalized spacial score (nSPS) is 13.7. The summed E-state index contributed by atoms with van der Waals surface area (Å²) in [5.41, 5.74) is 4.66. The molecule has 0 saturated heterocycles. The average molecular weight is 334 g/mol. The molecule has 0 spiro atoms. The van der Waals surface area contributed by atoms with Crippen molar-refractivity contribution in [2.24, 2.45) is 0 Å². The van der Waals surface area contributed by atoms with E-state index in [0.29, 0.717) is 11.5 Å². The number of nitrogens with zero attached hydrogens (tertiary/aromatic N) is 1. The third-order valence-corrected chi connectivity index (χ3v) is 5.17. The number of benzene rings is 2. The summed E-state index contributed by atoms with van der Waals surface area (Å²) in [5, 5.41) is 6.28. The Morgan fingerprint density at radius 3 is 2.67 bits per heavy atom. The summed E-state index contributed by atoms with van der Waals surface area (Å²) in [4.78, 5) is 17.1. The summed E-state index contributed by atoms with van der Waals surface area (Å²) in [6, 6.07) is 15.5. The van der Waals surface area contributed by atoms with E-state index in [4.69, 9.17) is 4.98 Å². The van der Waals surface area contributed by atoms with Gasteiger partial charge in [0.15, 0.2) is 0 Å². The van der Waals surface area contributed by atoms with Crippen molar-refractivity contribution in [3.8, 4) is 11.3 Å². The number of amides is 1. The van der Waals surface area contributed by atoms with Crippen molar-refractivity contribution in [1.29, 1.82) is 0 Å². The molecular weight excluding hydrogens is 316 g/mol. The first-order valence-electron chi connectivity index (χ1n) is 8.13. The van der Waals surface area contributed by atoms with Gasteiger partial charge in [0.05, 0.1) is 10.7 Å². The number of hydrogen-bond acceptors (Lipinski definition) is 3. The topological polar surface area (TPSA) is 42.0 Å². The van der Waals surface area contributed by atoms with Crippen molar-refractivity contribution in [1.82, 2.24) is 4.98 Å². The Hall–Kier alpha value is -2.46. The van der Waals surface area contributed by atoms with Crippen molar-refractivity contribution in [2.45, 2.75) is 25.7 Å². The molecule has 4 heteroatoms. The minimum atomic E-state index is -0.0934. The smallest absolute Gasteiger partial charge is 0.255 e. The minimum absolute atomic E-state index is 0.0934. The summed E-state index contributed by atoms with van der Waals surface area (Å²) in [5.74, 6) is 0.590. The predicted molar refractivity (Wildman–Crippen MR) is 98.7 cm³/mol. The van der Waals surface area contributed by atoms with Crippen LogP contribution in [0.3, 0.4) is 0 Å². The molecule has 0 bridgehead atoms. The van der Waals surface area contributed by atoms with Gasteiger partial charge in [-0.05, 0) is 49.6 Å². The highest BCUT2D eigenvalue weighted by atomic mass is 32.1. The third-order valence-electron chi connectivity index (χ3n) is 4.17. The fourth-order valence-corrected chi connectivity index (χ4v) is 3.66. The fourth-order valence-electron chi connectivity index (χ4n) is 2.66. The molecule has 24 heavy (non-hydrogen) atoms. The van der Waals surface area contributed by atoms with Crippen LogP contribution in [0.2, 0.25) is 0 Å². The number of thiazole rings is 1. The molecule has 1 heterocycles. The van der Waals surface area contributed by atoms with E-state index < -0.39 is 0 Å². The van der Waals surface area contributed by atoms with E-state index >= 15 is 0 Å². The Morgan fingerprint density at radius 2 is 1.96 bits per heavy atom. The largest absolute Gasteiger partial charge is 0.322 e. The Kier molecular flexibility index (Phi) is 3.90. The number of aryl methyl sites for hydroxylation is 1. The molecular formula is C20H18N2OS. The van der Waals surface area contributed by atoms with Crippen LogP contribution in [-0.2, 0) is 0 Å². The number of carbonyl (C=O) groups excluding carboxylic acids is 1. The fraction of sp³-hybridized carbons (Fsp3) is 0.200. The van der Waals surface area contributed by atoms with E-state index in [1.807, 2.05) is 55.5 Å². The number of nitrogens with one attached hydrogen (secondary N) is 1. The first kappa shape index (κ1) is 15.1. The Labute approximate surface area is 145 Å².